The van der Waals surface area contributed by atoms with Gasteiger partial charge in [-0.2, -0.15) is 5.10 Å². The topological polar surface area (TPSA) is 99.0 Å². The monoisotopic (exact) mass is 463 g/mol. The zero-order chi connectivity index (χ0) is 24.2. The maximum absolute atomic E-state index is 12.9. The van der Waals surface area contributed by atoms with Gasteiger partial charge in [0.15, 0.2) is 11.5 Å². The summed E-state index contributed by atoms with van der Waals surface area (Å²) in [5.74, 6) is -0.290. The number of benzene rings is 2. The third kappa shape index (κ3) is 4.63. The summed E-state index contributed by atoms with van der Waals surface area (Å²) in [5, 5.41) is 8.29. The second-order valence-corrected chi connectivity index (χ2v) is 7.66. The first-order valence-electron chi connectivity index (χ1n) is 11.1. The number of esters is 1. The number of nitrogens with zero attached hydrogens (tertiary/aromatic N) is 4. The summed E-state index contributed by atoms with van der Waals surface area (Å²) in [6.07, 6.45) is 1.65. The molecule has 2 aromatic carbocycles. The second kappa shape index (κ2) is 9.56. The normalized spacial score (nSPS) is 10.8. The Morgan fingerprint density at radius 2 is 1.77 bits per heavy atom. The molecule has 0 atom stereocenters. The summed E-state index contributed by atoms with van der Waals surface area (Å²) < 4.78 is 6.71. The van der Waals surface area contributed by atoms with Crippen molar-refractivity contribution in [1.82, 2.24) is 19.7 Å². The zero-order valence-electron chi connectivity index (χ0n) is 18.9. The van der Waals surface area contributed by atoms with E-state index in [1.165, 1.54) is 0 Å². The number of fused-ring (bicyclic) bond motifs is 1. The first-order valence-corrected chi connectivity index (χ1v) is 11.1. The van der Waals surface area contributed by atoms with Crippen molar-refractivity contribution in [2.24, 2.45) is 0 Å². The van der Waals surface area contributed by atoms with E-state index in [0.29, 0.717) is 22.9 Å². The van der Waals surface area contributed by atoms with Crippen molar-refractivity contribution in [3.8, 4) is 17.1 Å². The molecule has 172 valence electrons. The number of hydrogen-bond donors (Lipinski definition) is 1. The standard InChI is InChI=1S/C27H21N5O3/c1-2-35-27(34)23-17-24(32(31-23)25-12-5-6-15-28-25)19-9-7-10-20(16-19)29-26(33)22-14-13-18-8-3-4-11-21(18)30-22/h3-17H,2H2,1H3,(H,29,33). The molecule has 5 aromatic rings. The minimum absolute atomic E-state index is 0.169. The van der Waals surface area contributed by atoms with Crippen molar-refractivity contribution in [2.45, 2.75) is 6.92 Å². The fourth-order valence-corrected chi connectivity index (χ4v) is 3.69. The third-order valence-electron chi connectivity index (χ3n) is 5.31. The van der Waals surface area contributed by atoms with Crippen molar-refractivity contribution in [1.29, 1.82) is 0 Å². The first-order chi connectivity index (χ1) is 17.1. The molecule has 0 saturated carbocycles. The Morgan fingerprint density at radius 1 is 0.914 bits per heavy atom. The van der Waals surface area contributed by atoms with Gasteiger partial charge in [-0.1, -0.05) is 42.5 Å². The van der Waals surface area contributed by atoms with E-state index in [2.05, 4.69) is 20.4 Å². The molecule has 5 rings (SSSR count). The molecule has 35 heavy (non-hydrogen) atoms. The number of pyridine rings is 2. The van der Waals surface area contributed by atoms with E-state index >= 15 is 0 Å². The zero-order valence-corrected chi connectivity index (χ0v) is 18.9. The van der Waals surface area contributed by atoms with Gasteiger partial charge in [-0.3, -0.25) is 4.79 Å². The van der Waals surface area contributed by atoms with Crippen LogP contribution in [0.5, 0.6) is 0 Å². The SMILES string of the molecule is CCOC(=O)c1cc(-c2cccc(NC(=O)c3ccc4ccccc4n3)c2)n(-c2ccccn2)n1. The summed E-state index contributed by atoms with van der Waals surface area (Å²) in [4.78, 5) is 34.1. The van der Waals surface area contributed by atoms with Gasteiger partial charge in [-0.05, 0) is 49.4 Å². The van der Waals surface area contributed by atoms with Crippen LogP contribution in [0.25, 0.3) is 28.0 Å². The van der Waals surface area contributed by atoms with Gasteiger partial charge in [0.1, 0.15) is 5.69 Å². The molecule has 0 unspecified atom stereocenters. The van der Waals surface area contributed by atoms with Gasteiger partial charge in [0, 0.05) is 22.8 Å². The van der Waals surface area contributed by atoms with Crippen molar-refractivity contribution in [3.63, 3.8) is 0 Å². The van der Waals surface area contributed by atoms with Crippen LogP contribution in [0.4, 0.5) is 5.69 Å². The fraction of sp³-hybridized carbons (Fsp3) is 0.0741. The van der Waals surface area contributed by atoms with E-state index in [0.717, 1.165) is 16.5 Å². The molecule has 8 heteroatoms. The second-order valence-electron chi connectivity index (χ2n) is 7.66. The number of rotatable bonds is 6. The van der Waals surface area contributed by atoms with E-state index in [4.69, 9.17) is 4.74 Å². The lowest BCUT2D eigenvalue weighted by molar-refractivity contribution is 0.0519. The highest BCUT2D eigenvalue weighted by atomic mass is 16.5. The van der Waals surface area contributed by atoms with Crippen LogP contribution in [-0.4, -0.2) is 38.2 Å². The smallest absolute Gasteiger partial charge is 0.358 e. The van der Waals surface area contributed by atoms with Crippen LogP contribution < -0.4 is 5.32 Å². The molecule has 0 radical (unpaired) electrons. The molecule has 0 spiro atoms. The van der Waals surface area contributed by atoms with Crippen LogP contribution in [0.2, 0.25) is 0 Å². The number of para-hydroxylation sites is 1. The Bertz CT molecular complexity index is 1530. The largest absolute Gasteiger partial charge is 0.461 e. The highest BCUT2D eigenvalue weighted by Gasteiger charge is 2.19. The maximum atomic E-state index is 12.9. The van der Waals surface area contributed by atoms with E-state index in [1.54, 1.807) is 48.1 Å². The van der Waals surface area contributed by atoms with Crippen LogP contribution in [0.1, 0.15) is 27.9 Å². The summed E-state index contributed by atoms with van der Waals surface area (Å²) >= 11 is 0. The molecule has 8 nitrogen and oxygen atoms in total. The molecule has 3 heterocycles. The molecule has 0 fully saturated rings. The number of carbonyl (C=O) groups is 2. The average Bonchev–Trinajstić information content (AvgIpc) is 3.35. The number of carbonyl (C=O) groups excluding carboxylic acids is 2. The predicted octanol–water partition coefficient (Wildman–Crippen LogP) is 4.91. The van der Waals surface area contributed by atoms with Crippen molar-refractivity contribution in [2.75, 3.05) is 11.9 Å². The molecule has 0 aliphatic rings. The van der Waals surface area contributed by atoms with Gasteiger partial charge >= 0.3 is 5.97 Å². The van der Waals surface area contributed by atoms with E-state index < -0.39 is 5.97 Å². The van der Waals surface area contributed by atoms with Gasteiger partial charge in [0.2, 0.25) is 0 Å². The van der Waals surface area contributed by atoms with Crippen LogP contribution in [0, 0.1) is 0 Å². The van der Waals surface area contributed by atoms with Crippen LogP contribution >= 0.6 is 0 Å². The van der Waals surface area contributed by atoms with E-state index in [9.17, 15) is 9.59 Å². The molecule has 1 N–H and O–H groups in total. The van der Waals surface area contributed by atoms with Gasteiger partial charge in [0.05, 0.1) is 17.8 Å². The number of amides is 1. The quantitative estimate of drug-likeness (QED) is 0.359. The molecule has 1 amide bonds. The highest BCUT2D eigenvalue weighted by molar-refractivity contribution is 6.04. The summed E-state index contributed by atoms with van der Waals surface area (Å²) in [6, 6.07) is 25.6. The number of ether oxygens (including phenoxy) is 1. The first kappa shape index (κ1) is 22.0. The fourth-order valence-electron chi connectivity index (χ4n) is 3.69. The van der Waals surface area contributed by atoms with E-state index in [1.807, 2.05) is 54.6 Å². The molecule has 0 saturated heterocycles. The van der Waals surface area contributed by atoms with Gasteiger partial charge in [0.25, 0.3) is 5.91 Å². The van der Waals surface area contributed by atoms with Gasteiger partial charge < -0.3 is 10.1 Å². The minimum Gasteiger partial charge on any atom is -0.461 e. The van der Waals surface area contributed by atoms with Crippen LogP contribution in [0.15, 0.2) is 91.1 Å². The average molecular weight is 463 g/mol. The molecule has 3 aromatic heterocycles. The third-order valence-corrected chi connectivity index (χ3v) is 5.31. The molecule has 0 aliphatic carbocycles. The Balaban J connectivity index is 1.48. The van der Waals surface area contributed by atoms with E-state index in [-0.39, 0.29) is 18.2 Å². The summed E-state index contributed by atoms with van der Waals surface area (Å²) in [6.45, 7) is 1.99. The number of aromatic nitrogens is 4. The number of hydrogen-bond acceptors (Lipinski definition) is 6. The predicted molar refractivity (Wildman–Crippen MR) is 132 cm³/mol. The summed E-state index contributed by atoms with van der Waals surface area (Å²) in [5.41, 5.74) is 3.18. The Labute approximate surface area is 201 Å². The lowest BCUT2D eigenvalue weighted by atomic mass is 10.1. The number of nitrogens with one attached hydrogen (secondary N) is 1. The van der Waals surface area contributed by atoms with Crippen molar-refractivity contribution >= 4 is 28.5 Å². The minimum atomic E-state index is -0.518. The Morgan fingerprint density at radius 3 is 2.60 bits per heavy atom. The Kier molecular flexibility index (Phi) is 6.00. The molecular formula is C27H21N5O3. The summed E-state index contributed by atoms with van der Waals surface area (Å²) in [7, 11) is 0. The van der Waals surface area contributed by atoms with Crippen molar-refractivity contribution < 1.29 is 14.3 Å². The van der Waals surface area contributed by atoms with Gasteiger partial charge in [-0.25, -0.2) is 19.4 Å². The lowest BCUT2D eigenvalue weighted by Gasteiger charge is -2.09. The molecule has 0 bridgehead atoms. The van der Waals surface area contributed by atoms with Crippen LogP contribution in [-0.2, 0) is 4.74 Å². The number of anilines is 1. The highest BCUT2D eigenvalue weighted by Crippen LogP contribution is 2.26. The maximum Gasteiger partial charge on any atom is 0.358 e. The molecular weight excluding hydrogens is 442 g/mol. The Hall–Kier alpha value is -4.85. The lowest BCUT2D eigenvalue weighted by Crippen LogP contribution is -2.13. The molecule has 0 aliphatic heterocycles. The van der Waals surface area contributed by atoms with Crippen molar-refractivity contribution in [3.05, 3.63) is 103 Å². The van der Waals surface area contributed by atoms with Gasteiger partial charge in [-0.15, -0.1) is 0 Å². The van der Waals surface area contributed by atoms with Crippen LogP contribution in [0.3, 0.4) is 0 Å².